The summed E-state index contributed by atoms with van der Waals surface area (Å²) >= 11 is 0. The average molecular weight is 241 g/mol. The van der Waals surface area contributed by atoms with Gasteiger partial charge in [-0.2, -0.15) is 0 Å². The van der Waals surface area contributed by atoms with Crippen LogP contribution in [-0.4, -0.2) is 0 Å². The van der Waals surface area contributed by atoms with Gasteiger partial charge in [-0.05, 0) is 61.2 Å². The first-order chi connectivity index (χ1) is 8.58. The Hall–Kier alpha value is -1.96. The van der Waals surface area contributed by atoms with Crippen molar-refractivity contribution in [2.24, 2.45) is 0 Å². The second-order valence-corrected chi connectivity index (χ2v) is 4.68. The molecule has 18 heavy (non-hydrogen) atoms. The minimum atomic E-state index is 0.599. The van der Waals surface area contributed by atoms with Crippen molar-refractivity contribution in [1.29, 1.82) is 0 Å². The summed E-state index contributed by atoms with van der Waals surface area (Å²) in [6, 6.07) is 12.1. The number of hydrogen-bond donors (Lipinski definition) is 1. The van der Waals surface area contributed by atoms with Crippen molar-refractivity contribution >= 4 is 5.69 Å². The fourth-order valence-corrected chi connectivity index (χ4v) is 1.97. The number of anilines is 1. The SMILES string of the molecule is Cc1cc(OCc2c(C)cccc2C)ccc1N. The number of benzene rings is 2. The Balaban J connectivity index is 2.14. The lowest BCUT2D eigenvalue weighted by Gasteiger charge is -2.12. The van der Waals surface area contributed by atoms with Gasteiger partial charge in [0.1, 0.15) is 12.4 Å². The predicted octanol–water partition coefficient (Wildman–Crippen LogP) is 3.77. The molecule has 0 aliphatic heterocycles. The highest BCUT2D eigenvalue weighted by Crippen LogP contribution is 2.21. The van der Waals surface area contributed by atoms with Crippen LogP contribution in [-0.2, 0) is 6.61 Å². The van der Waals surface area contributed by atoms with E-state index >= 15 is 0 Å². The van der Waals surface area contributed by atoms with Gasteiger partial charge in [-0.25, -0.2) is 0 Å². The van der Waals surface area contributed by atoms with Gasteiger partial charge >= 0.3 is 0 Å². The molecule has 94 valence electrons. The van der Waals surface area contributed by atoms with Gasteiger partial charge in [0, 0.05) is 5.69 Å². The molecular weight excluding hydrogens is 222 g/mol. The van der Waals surface area contributed by atoms with E-state index in [1.165, 1.54) is 16.7 Å². The molecule has 2 nitrogen and oxygen atoms in total. The molecule has 0 aromatic heterocycles. The second-order valence-electron chi connectivity index (χ2n) is 4.68. The lowest BCUT2D eigenvalue weighted by Crippen LogP contribution is -2.01. The van der Waals surface area contributed by atoms with Crippen molar-refractivity contribution in [3.63, 3.8) is 0 Å². The molecule has 0 heterocycles. The van der Waals surface area contributed by atoms with Crippen LogP contribution in [0.1, 0.15) is 22.3 Å². The standard InChI is InChI=1S/C16H19NO/c1-11-5-4-6-12(2)15(11)10-18-14-7-8-16(17)13(3)9-14/h4-9H,10,17H2,1-3H3. The van der Waals surface area contributed by atoms with Crippen LogP contribution >= 0.6 is 0 Å². The Morgan fingerprint density at radius 1 is 0.944 bits per heavy atom. The molecule has 0 fully saturated rings. The van der Waals surface area contributed by atoms with Crippen LogP contribution in [0.25, 0.3) is 0 Å². The summed E-state index contributed by atoms with van der Waals surface area (Å²) in [6.45, 7) is 6.81. The largest absolute Gasteiger partial charge is 0.489 e. The minimum absolute atomic E-state index is 0.599. The first kappa shape index (κ1) is 12.5. The van der Waals surface area contributed by atoms with E-state index < -0.39 is 0 Å². The summed E-state index contributed by atoms with van der Waals surface area (Å²) in [7, 11) is 0. The molecule has 0 spiro atoms. The van der Waals surface area contributed by atoms with Crippen molar-refractivity contribution in [2.75, 3.05) is 5.73 Å². The van der Waals surface area contributed by atoms with Crippen LogP contribution in [0.4, 0.5) is 5.69 Å². The lowest BCUT2D eigenvalue weighted by atomic mass is 10.0. The van der Waals surface area contributed by atoms with Crippen LogP contribution < -0.4 is 10.5 Å². The zero-order chi connectivity index (χ0) is 13.1. The first-order valence-corrected chi connectivity index (χ1v) is 6.12. The van der Waals surface area contributed by atoms with Gasteiger partial charge in [0.15, 0.2) is 0 Å². The van der Waals surface area contributed by atoms with Gasteiger partial charge in [0.2, 0.25) is 0 Å². The summed E-state index contributed by atoms with van der Waals surface area (Å²) in [5.41, 5.74) is 11.4. The van der Waals surface area contributed by atoms with Gasteiger partial charge in [-0.15, -0.1) is 0 Å². The Bertz CT molecular complexity index is 541. The molecule has 2 heteroatoms. The van der Waals surface area contributed by atoms with Gasteiger partial charge in [0.05, 0.1) is 0 Å². The third kappa shape index (κ3) is 2.65. The number of rotatable bonds is 3. The van der Waals surface area contributed by atoms with Crippen LogP contribution in [0.2, 0.25) is 0 Å². The maximum absolute atomic E-state index is 5.83. The van der Waals surface area contributed by atoms with E-state index in [4.69, 9.17) is 10.5 Å². The molecular formula is C16H19NO. The van der Waals surface area contributed by atoms with E-state index in [2.05, 4.69) is 32.0 Å². The first-order valence-electron chi connectivity index (χ1n) is 6.12. The normalized spacial score (nSPS) is 10.4. The Morgan fingerprint density at radius 2 is 1.61 bits per heavy atom. The number of aryl methyl sites for hydroxylation is 3. The van der Waals surface area contributed by atoms with Crippen molar-refractivity contribution < 1.29 is 4.74 Å². The Kier molecular flexibility index (Phi) is 3.56. The summed E-state index contributed by atoms with van der Waals surface area (Å²) in [5, 5.41) is 0. The molecule has 0 radical (unpaired) electrons. The zero-order valence-electron chi connectivity index (χ0n) is 11.2. The zero-order valence-corrected chi connectivity index (χ0v) is 11.2. The predicted molar refractivity (Wildman–Crippen MR) is 75.8 cm³/mol. The highest BCUT2D eigenvalue weighted by molar-refractivity contribution is 5.49. The third-order valence-electron chi connectivity index (χ3n) is 3.27. The van der Waals surface area contributed by atoms with E-state index in [9.17, 15) is 0 Å². The highest BCUT2D eigenvalue weighted by Gasteiger charge is 2.04. The summed E-state index contributed by atoms with van der Waals surface area (Å²) in [5.74, 6) is 0.865. The lowest BCUT2D eigenvalue weighted by molar-refractivity contribution is 0.304. The van der Waals surface area contributed by atoms with Crippen LogP contribution in [0.15, 0.2) is 36.4 Å². The topological polar surface area (TPSA) is 35.2 Å². The number of nitrogen functional groups attached to an aromatic ring is 1. The summed E-state index contributed by atoms with van der Waals surface area (Å²) in [6.07, 6.45) is 0. The van der Waals surface area contributed by atoms with Crippen molar-refractivity contribution in [3.8, 4) is 5.75 Å². The minimum Gasteiger partial charge on any atom is -0.489 e. The Morgan fingerprint density at radius 3 is 2.22 bits per heavy atom. The van der Waals surface area contributed by atoms with E-state index in [0.717, 1.165) is 17.0 Å². The molecule has 2 aromatic carbocycles. The molecule has 0 bridgehead atoms. The molecule has 2 rings (SSSR count). The van der Waals surface area contributed by atoms with Gasteiger partial charge in [-0.1, -0.05) is 18.2 Å². The summed E-state index contributed by atoms with van der Waals surface area (Å²) in [4.78, 5) is 0. The number of nitrogens with two attached hydrogens (primary N) is 1. The fraction of sp³-hybridized carbons (Fsp3) is 0.250. The molecule has 0 unspecified atom stereocenters. The van der Waals surface area contributed by atoms with Gasteiger partial charge in [-0.3, -0.25) is 0 Å². The van der Waals surface area contributed by atoms with E-state index in [0.29, 0.717) is 6.61 Å². The molecule has 0 atom stereocenters. The second kappa shape index (κ2) is 5.13. The van der Waals surface area contributed by atoms with Crippen LogP contribution in [0.5, 0.6) is 5.75 Å². The molecule has 0 aliphatic carbocycles. The molecule has 0 aliphatic rings. The van der Waals surface area contributed by atoms with Gasteiger partial charge < -0.3 is 10.5 Å². The van der Waals surface area contributed by atoms with Crippen LogP contribution in [0, 0.1) is 20.8 Å². The molecule has 0 amide bonds. The van der Waals surface area contributed by atoms with Crippen LogP contribution in [0.3, 0.4) is 0 Å². The van der Waals surface area contributed by atoms with E-state index in [1.807, 2.05) is 25.1 Å². The Labute approximate surface area is 108 Å². The number of hydrogen-bond acceptors (Lipinski definition) is 2. The van der Waals surface area contributed by atoms with Crippen molar-refractivity contribution in [2.45, 2.75) is 27.4 Å². The smallest absolute Gasteiger partial charge is 0.120 e. The molecule has 2 aromatic rings. The van der Waals surface area contributed by atoms with E-state index in [1.54, 1.807) is 0 Å². The monoisotopic (exact) mass is 241 g/mol. The maximum Gasteiger partial charge on any atom is 0.120 e. The molecule has 0 saturated heterocycles. The quantitative estimate of drug-likeness (QED) is 0.830. The fourth-order valence-electron chi connectivity index (χ4n) is 1.97. The van der Waals surface area contributed by atoms with E-state index in [-0.39, 0.29) is 0 Å². The van der Waals surface area contributed by atoms with Crippen molar-refractivity contribution in [3.05, 3.63) is 58.7 Å². The summed E-state index contributed by atoms with van der Waals surface area (Å²) < 4.78 is 5.83. The number of ether oxygens (including phenoxy) is 1. The maximum atomic E-state index is 5.83. The molecule has 2 N–H and O–H groups in total. The van der Waals surface area contributed by atoms with Gasteiger partial charge in [0.25, 0.3) is 0 Å². The molecule has 0 saturated carbocycles. The third-order valence-corrected chi connectivity index (χ3v) is 3.27. The average Bonchev–Trinajstić information content (AvgIpc) is 2.33. The highest BCUT2D eigenvalue weighted by atomic mass is 16.5. The van der Waals surface area contributed by atoms with Crippen molar-refractivity contribution in [1.82, 2.24) is 0 Å².